The first kappa shape index (κ1) is 23.6. The Labute approximate surface area is 209 Å². The topological polar surface area (TPSA) is 105 Å². The molecule has 3 heterocycles. The Morgan fingerprint density at radius 1 is 1.22 bits per heavy atom. The van der Waals surface area contributed by atoms with Gasteiger partial charge in [-0.1, -0.05) is 17.7 Å². The maximum absolute atomic E-state index is 15.4. The van der Waals surface area contributed by atoms with E-state index in [0.717, 1.165) is 18.9 Å². The standard InChI is InChI=1S/C26H21ClFN3O5/c27-19-10-15(6-7-23(19)32)31-13-18(26(34)35)25(33)17-11-20(28)22(12-21(17)31)30-9-3-4-16(30)14-36-24-5-1-2-8-29-24/h1-2,5-8,10-13,16,32H,3-4,9,14H2,(H,34,35). The highest BCUT2D eigenvalue weighted by molar-refractivity contribution is 6.32. The molecule has 0 radical (unpaired) electrons. The number of ether oxygens (including phenoxy) is 1. The van der Waals surface area contributed by atoms with Gasteiger partial charge in [-0.15, -0.1) is 0 Å². The molecule has 36 heavy (non-hydrogen) atoms. The van der Waals surface area contributed by atoms with Crippen LogP contribution in [-0.4, -0.2) is 44.9 Å². The highest BCUT2D eigenvalue weighted by Gasteiger charge is 2.29. The predicted molar refractivity (Wildman–Crippen MR) is 133 cm³/mol. The fraction of sp³-hybridized carbons (Fsp3) is 0.192. The van der Waals surface area contributed by atoms with E-state index in [0.29, 0.717) is 30.2 Å². The Bertz CT molecular complexity index is 1530. The summed E-state index contributed by atoms with van der Waals surface area (Å²) in [5.74, 6) is -1.75. The lowest BCUT2D eigenvalue weighted by molar-refractivity contribution is 0.0695. The van der Waals surface area contributed by atoms with Gasteiger partial charge >= 0.3 is 5.97 Å². The molecule has 1 aliphatic heterocycles. The lowest BCUT2D eigenvalue weighted by Crippen LogP contribution is -2.35. The van der Waals surface area contributed by atoms with Crippen molar-refractivity contribution >= 4 is 34.2 Å². The number of carboxylic acid groups (broad SMARTS) is 1. The lowest BCUT2D eigenvalue weighted by Gasteiger charge is -2.27. The lowest BCUT2D eigenvalue weighted by atomic mass is 10.1. The number of anilines is 1. The van der Waals surface area contributed by atoms with Gasteiger partial charge in [-0.2, -0.15) is 0 Å². The van der Waals surface area contributed by atoms with Gasteiger partial charge in [0, 0.05) is 36.1 Å². The van der Waals surface area contributed by atoms with E-state index in [-0.39, 0.29) is 27.9 Å². The Kier molecular flexibility index (Phi) is 6.24. The van der Waals surface area contributed by atoms with Gasteiger partial charge in [0.25, 0.3) is 0 Å². The van der Waals surface area contributed by atoms with E-state index < -0.39 is 22.8 Å². The Morgan fingerprint density at radius 3 is 2.78 bits per heavy atom. The van der Waals surface area contributed by atoms with E-state index in [1.54, 1.807) is 18.3 Å². The summed E-state index contributed by atoms with van der Waals surface area (Å²) >= 11 is 6.08. The zero-order valence-corrected chi connectivity index (χ0v) is 19.7. The second-order valence-electron chi connectivity index (χ2n) is 8.47. The van der Waals surface area contributed by atoms with Crippen molar-refractivity contribution in [1.29, 1.82) is 0 Å². The molecule has 2 aromatic heterocycles. The van der Waals surface area contributed by atoms with Crippen LogP contribution in [0.25, 0.3) is 16.6 Å². The zero-order chi connectivity index (χ0) is 25.4. The molecule has 0 spiro atoms. The molecule has 0 amide bonds. The first-order chi connectivity index (χ1) is 17.3. The third kappa shape index (κ3) is 4.33. The van der Waals surface area contributed by atoms with Crippen molar-refractivity contribution < 1.29 is 24.1 Å². The molecule has 0 saturated carbocycles. The molecule has 0 aliphatic carbocycles. The minimum Gasteiger partial charge on any atom is -0.506 e. The normalized spacial score (nSPS) is 15.4. The number of phenolic OH excluding ortho intramolecular Hbond substituents is 1. The number of rotatable bonds is 6. The smallest absolute Gasteiger partial charge is 0.341 e. The minimum absolute atomic E-state index is 0.0461. The molecular formula is C26H21ClFN3O5. The number of hydrogen-bond acceptors (Lipinski definition) is 6. The molecule has 2 N–H and O–H groups in total. The number of benzene rings is 2. The van der Waals surface area contributed by atoms with Crippen molar-refractivity contribution in [3.05, 3.63) is 87.6 Å². The van der Waals surface area contributed by atoms with E-state index in [2.05, 4.69) is 4.98 Å². The number of aromatic nitrogens is 2. The molecule has 1 saturated heterocycles. The summed E-state index contributed by atoms with van der Waals surface area (Å²) in [5.41, 5.74) is -0.323. The van der Waals surface area contributed by atoms with Gasteiger partial charge < -0.3 is 24.4 Å². The van der Waals surface area contributed by atoms with Crippen LogP contribution in [0.4, 0.5) is 10.1 Å². The molecule has 5 rings (SSSR count). The number of carbonyl (C=O) groups is 1. The summed E-state index contributed by atoms with van der Waals surface area (Å²) < 4.78 is 22.7. The van der Waals surface area contributed by atoms with Crippen LogP contribution < -0.4 is 15.1 Å². The molecule has 1 aliphatic rings. The number of hydrogen-bond donors (Lipinski definition) is 2. The van der Waals surface area contributed by atoms with E-state index >= 15 is 4.39 Å². The summed E-state index contributed by atoms with van der Waals surface area (Å²) in [7, 11) is 0. The minimum atomic E-state index is -1.43. The molecule has 10 heteroatoms. The van der Waals surface area contributed by atoms with Crippen molar-refractivity contribution in [2.45, 2.75) is 18.9 Å². The van der Waals surface area contributed by atoms with Crippen LogP contribution in [0, 0.1) is 5.82 Å². The summed E-state index contributed by atoms with van der Waals surface area (Å²) in [6, 6.07) is 12.2. The number of aromatic hydroxyl groups is 1. The van der Waals surface area contributed by atoms with Crippen molar-refractivity contribution in [3.8, 4) is 17.3 Å². The van der Waals surface area contributed by atoms with E-state index in [9.17, 15) is 19.8 Å². The van der Waals surface area contributed by atoms with Crippen LogP contribution in [0.1, 0.15) is 23.2 Å². The van der Waals surface area contributed by atoms with E-state index in [1.807, 2.05) is 11.0 Å². The number of halogens is 2. The predicted octanol–water partition coefficient (Wildman–Crippen LogP) is 4.63. The number of carboxylic acids is 1. The van der Waals surface area contributed by atoms with Gasteiger partial charge in [-0.05, 0) is 49.2 Å². The molecular weight excluding hydrogens is 489 g/mol. The average molecular weight is 510 g/mol. The van der Waals surface area contributed by atoms with Crippen LogP contribution in [0.15, 0.2) is 65.7 Å². The van der Waals surface area contributed by atoms with Crippen molar-refractivity contribution in [2.75, 3.05) is 18.1 Å². The highest BCUT2D eigenvalue weighted by Crippen LogP contribution is 2.33. The summed E-state index contributed by atoms with van der Waals surface area (Å²) in [4.78, 5) is 30.7. The monoisotopic (exact) mass is 509 g/mol. The fourth-order valence-corrected chi connectivity index (χ4v) is 4.68. The third-order valence-electron chi connectivity index (χ3n) is 6.26. The maximum Gasteiger partial charge on any atom is 0.341 e. The average Bonchev–Trinajstić information content (AvgIpc) is 3.33. The molecule has 1 fully saturated rings. The second kappa shape index (κ2) is 9.50. The zero-order valence-electron chi connectivity index (χ0n) is 18.9. The van der Waals surface area contributed by atoms with Crippen molar-refractivity contribution in [1.82, 2.24) is 9.55 Å². The largest absolute Gasteiger partial charge is 0.506 e. The summed E-state index contributed by atoms with van der Waals surface area (Å²) in [6.07, 6.45) is 4.42. The van der Waals surface area contributed by atoms with Crippen LogP contribution in [0.5, 0.6) is 11.6 Å². The number of pyridine rings is 2. The number of nitrogens with zero attached hydrogens (tertiary/aromatic N) is 3. The first-order valence-corrected chi connectivity index (χ1v) is 11.6. The molecule has 2 aromatic carbocycles. The van der Waals surface area contributed by atoms with Crippen LogP contribution in [0.3, 0.4) is 0 Å². The number of fused-ring (bicyclic) bond motifs is 1. The Hall–Kier alpha value is -4.11. The third-order valence-corrected chi connectivity index (χ3v) is 6.56. The molecule has 0 bridgehead atoms. The second-order valence-corrected chi connectivity index (χ2v) is 8.88. The van der Waals surface area contributed by atoms with Crippen molar-refractivity contribution in [2.24, 2.45) is 0 Å². The SMILES string of the molecule is O=C(O)c1cn(-c2ccc(O)c(Cl)c2)c2cc(N3CCCC3COc3ccccn3)c(F)cc2c1=O. The molecule has 4 aromatic rings. The van der Waals surface area contributed by atoms with Crippen LogP contribution in [0.2, 0.25) is 5.02 Å². The van der Waals surface area contributed by atoms with Crippen LogP contribution in [-0.2, 0) is 0 Å². The van der Waals surface area contributed by atoms with Gasteiger partial charge in [-0.25, -0.2) is 14.2 Å². The fourth-order valence-electron chi connectivity index (χ4n) is 4.51. The number of aromatic carboxylic acids is 1. The van der Waals surface area contributed by atoms with Gasteiger partial charge in [0.2, 0.25) is 11.3 Å². The van der Waals surface area contributed by atoms with Crippen LogP contribution >= 0.6 is 11.6 Å². The van der Waals surface area contributed by atoms with E-state index in [1.165, 1.54) is 35.0 Å². The van der Waals surface area contributed by atoms with Gasteiger partial charge in [-0.3, -0.25) is 4.79 Å². The maximum atomic E-state index is 15.4. The van der Waals surface area contributed by atoms with E-state index in [4.69, 9.17) is 16.3 Å². The van der Waals surface area contributed by atoms with Crippen molar-refractivity contribution in [3.63, 3.8) is 0 Å². The summed E-state index contributed by atoms with van der Waals surface area (Å²) in [5, 5.41) is 19.4. The molecule has 184 valence electrons. The molecule has 8 nitrogen and oxygen atoms in total. The Balaban J connectivity index is 1.62. The Morgan fingerprint density at radius 2 is 2.06 bits per heavy atom. The molecule has 1 unspecified atom stereocenters. The highest BCUT2D eigenvalue weighted by atomic mass is 35.5. The van der Waals surface area contributed by atoms with Gasteiger partial charge in [0.05, 0.1) is 22.3 Å². The first-order valence-electron chi connectivity index (χ1n) is 11.2. The van der Waals surface area contributed by atoms with Gasteiger partial charge in [0.15, 0.2) is 0 Å². The van der Waals surface area contributed by atoms with Gasteiger partial charge in [0.1, 0.15) is 23.7 Å². The number of phenols is 1. The molecule has 1 atom stereocenters. The summed E-state index contributed by atoms with van der Waals surface area (Å²) in [6.45, 7) is 0.883. The quantitative estimate of drug-likeness (QED) is 0.390.